The van der Waals surface area contributed by atoms with E-state index in [0.29, 0.717) is 22.1 Å². The smallest absolute Gasteiger partial charge is 0.248 e. The van der Waals surface area contributed by atoms with Crippen LogP contribution in [0.5, 0.6) is 11.5 Å². The molecule has 0 aromatic heterocycles. The number of nitrogens with one attached hydrogen (secondary N) is 1. The van der Waals surface area contributed by atoms with Gasteiger partial charge in [-0.2, -0.15) is 0 Å². The number of rotatable bonds is 6. The average molecular weight is 305 g/mol. The van der Waals surface area contributed by atoms with Gasteiger partial charge in [-0.05, 0) is 48.5 Å². The minimum absolute atomic E-state index is 0.446. The molecule has 0 aliphatic carbocycles. The first kappa shape index (κ1) is 15.4. The molecular formula is C16H17ClN2O2. The van der Waals surface area contributed by atoms with E-state index in [-0.39, 0.29) is 0 Å². The molecule has 0 saturated carbocycles. The molecule has 110 valence electrons. The molecule has 0 heterocycles. The molecule has 2 rings (SSSR count). The molecule has 0 radical (unpaired) electrons. The standard InChI is InChI=1S/C16H17ClN2O2/c1-2-19-10-12-5-8-14(9-15(12)17)21-13-6-3-11(4-7-13)16(18)20/h3-9,19H,2,10H2,1H3,(H2,18,20). The van der Waals surface area contributed by atoms with Crippen LogP contribution in [0.3, 0.4) is 0 Å². The van der Waals surface area contributed by atoms with E-state index < -0.39 is 5.91 Å². The summed E-state index contributed by atoms with van der Waals surface area (Å²) in [5.41, 5.74) is 6.66. The van der Waals surface area contributed by atoms with Crippen LogP contribution in [0.4, 0.5) is 0 Å². The molecule has 2 aromatic carbocycles. The summed E-state index contributed by atoms with van der Waals surface area (Å²) in [7, 11) is 0. The molecule has 0 atom stereocenters. The fourth-order valence-electron chi connectivity index (χ4n) is 1.82. The van der Waals surface area contributed by atoms with Crippen LogP contribution in [-0.2, 0) is 6.54 Å². The summed E-state index contributed by atoms with van der Waals surface area (Å²) in [6.45, 7) is 3.66. The van der Waals surface area contributed by atoms with Crippen molar-refractivity contribution in [1.82, 2.24) is 5.32 Å². The topological polar surface area (TPSA) is 64.3 Å². The van der Waals surface area contributed by atoms with Gasteiger partial charge >= 0.3 is 0 Å². The van der Waals surface area contributed by atoms with Crippen molar-refractivity contribution in [1.29, 1.82) is 0 Å². The van der Waals surface area contributed by atoms with Crippen LogP contribution >= 0.6 is 11.6 Å². The van der Waals surface area contributed by atoms with Gasteiger partial charge in [0, 0.05) is 17.1 Å². The molecule has 0 aliphatic heterocycles. The van der Waals surface area contributed by atoms with Gasteiger partial charge < -0.3 is 15.8 Å². The zero-order valence-electron chi connectivity index (χ0n) is 11.7. The van der Waals surface area contributed by atoms with Gasteiger partial charge in [0.25, 0.3) is 0 Å². The van der Waals surface area contributed by atoms with Gasteiger partial charge in [0.05, 0.1) is 0 Å². The molecule has 1 amide bonds. The quantitative estimate of drug-likeness (QED) is 0.860. The number of ether oxygens (including phenoxy) is 1. The fourth-order valence-corrected chi connectivity index (χ4v) is 2.06. The van der Waals surface area contributed by atoms with Crippen LogP contribution in [0.2, 0.25) is 5.02 Å². The average Bonchev–Trinajstić information content (AvgIpc) is 2.47. The van der Waals surface area contributed by atoms with Crippen molar-refractivity contribution in [2.45, 2.75) is 13.5 Å². The van der Waals surface area contributed by atoms with Gasteiger partial charge in [-0.25, -0.2) is 0 Å². The second-order valence-corrected chi connectivity index (χ2v) is 4.93. The summed E-state index contributed by atoms with van der Waals surface area (Å²) in [4.78, 5) is 11.0. The summed E-state index contributed by atoms with van der Waals surface area (Å²) >= 11 is 6.22. The van der Waals surface area contributed by atoms with Crippen LogP contribution in [0.25, 0.3) is 0 Å². The van der Waals surface area contributed by atoms with E-state index in [1.54, 1.807) is 30.3 Å². The van der Waals surface area contributed by atoms with Gasteiger partial charge in [0.1, 0.15) is 11.5 Å². The van der Waals surface area contributed by atoms with E-state index in [4.69, 9.17) is 22.1 Å². The molecule has 0 fully saturated rings. The number of hydrogen-bond donors (Lipinski definition) is 2. The third-order valence-corrected chi connectivity index (χ3v) is 3.32. The lowest BCUT2D eigenvalue weighted by Crippen LogP contribution is -2.11. The van der Waals surface area contributed by atoms with Crippen LogP contribution in [-0.4, -0.2) is 12.5 Å². The number of amides is 1. The Morgan fingerprint density at radius 2 is 1.86 bits per heavy atom. The highest BCUT2D eigenvalue weighted by Gasteiger charge is 2.05. The Morgan fingerprint density at radius 1 is 1.19 bits per heavy atom. The summed E-state index contributed by atoms with van der Waals surface area (Å²) in [6, 6.07) is 12.2. The van der Waals surface area contributed by atoms with Crippen molar-refractivity contribution in [3.63, 3.8) is 0 Å². The van der Waals surface area contributed by atoms with E-state index in [2.05, 4.69) is 5.32 Å². The molecule has 0 aliphatic rings. The largest absolute Gasteiger partial charge is 0.457 e. The third-order valence-electron chi connectivity index (χ3n) is 2.96. The van der Waals surface area contributed by atoms with Crippen molar-refractivity contribution in [3.05, 3.63) is 58.6 Å². The molecule has 5 heteroatoms. The number of primary amides is 1. The molecule has 0 saturated heterocycles. The van der Waals surface area contributed by atoms with E-state index in [0.717, 1.165) is 18.7 Å². The van der Waals surface area contributed by atoms with Crippen LogP contribution in [0.15, 0.2) is 42.5 Å². The van der Waals surface area contributed by atoms with Crippen LogP contribution in [0, 0.1) is 0 Å². The molecule has 2 aromatic rings. The van der Waals surface area contributed by atoms with E-state index >= 15 is 0 Å². The molecular weight excluding hydrogens is 288 g/mol. The number of hydrogen-bond acceptors (Lipinski definition) is 3. The van der Waals surface area contributed by atoms with Gasteiger partial charge in [0.15, 0.2) is 0 Å². The molecule has 3 N–H and O–H groups in total. The van der Waals surface area contributed by atoms with Crippen molar-refractivity contribution in [2.24, 2.45) is 5.73 Å². The highest BCUT2D eigenvalue weighted by atomic mass is 35.5. The van der Waals surface area contributed by atoms with Crippen molar-refractivity contribution < 1.29 is 9.53 Å². The van der Waals surface area contributed by atoms with Crippen molar-refractivity contribution >= 4 is 17.5 Å². The van der Waals surface area contributed by atoms with E-state index in [9.17, 15) is 4.79 Å². The summed E-state index contributed by atoms with van der Waals surface area (Å²) in [6.07, 6.45) is 0. The minimum Gasteiger partial charge on any atom is -0.457 e. The SMILES string of the molecule is CCNCc1ccc(Oc2ccc(C(N)=O)cc2)cc1Cl. The lowest BCUT2D eigenvalue weighted by Gasteiger charge is -2.09. The number of benzene rings is 2. The molecule has 21 heavy (non-hydrogen) atoms. The molecule has 0 spiro atoms. The van der Waals surface area contributed by atoms with Crippen molar-refractivity contribution in [3.8, 4) is 11.5 Å². The van der Waals surface area contributed by atoms with Gasteiger partial charge in [-0.3, -0.25) is 4.79 Å². The maximum absolute atomic E-state index is 11.0. The second kappa shape index (κ2) is 7.11. The Morgan fingerprint density at radius 3 is 2.43 bits per heavy atom. The normalized spacial score (nSPS) is 10.4. The van der Waals surface area contributed by atoms with E-state index in [1.807, 2.05) is 19.1 Å². The molecule has 0 bridgehead atoms. The zero-order chi connectivity index (χ0) is 15.2. The highest BCUT2D eigenvalue weighted by molar-refractivity contribution is 6.31. The predicted molar refractivity (Wildman–Crippen MR) is 83.9 cm³/mol. The van der Waals surface area contributed by atoms with Crippen LogP contribution < -0.4 is 15.8 Å². The Kier molecular flexibility index (Phi) is 5.20. The summed E-state index contributed by atoms with van der Waals surface area (Å²) < 4.78 is 5.70. The first-order valence-electron chi connectivity index (χ1n) is 6.67. The Balaban J connectivity index is 2.09. The monoisotopic (exact) mass is 304 g/mol. The van der Waals surface area contributed by atoms with Gasteiger partial charge in [0.2, 0.25) is 5.91 Å². The Labute approximate surface area is 128 Å². The predicted octanol–water partition coefficient (Wildman–Crippen LogP) is 3.34. The zero-order valence-corrected chi connectivity index (χ0v) is 12.5. The first-order chi connectivity index (χ1) is 10.1. The molecule has 0 unspecified atom stereocenters. The van der Waals surface area contributed by atoms with E-state index in [1.165, 1.54) is 0 Å². The van der Waals surface area contributed by atoms with Crippen molar-refractivity contribution in [2.75, 3.05) is 6.54 Å². The lowest BCUT2D eigenvalue weighted by atomic mass is 10.2. The van der Waals surface area contributed by atoms with Crippen LogP contribution in [0.1, 0.15) is 22.8 Å². The minimum atomic E-state index is -0.461. The Hall–Kier alpha value is -2.04. The maximum Gasteiger partial charge on any atom is 0.248 e. The number of carbonyl (C=O) groups excluding carboxylic acids is 1. The number of halogens is 1. The highest BCUT2D eigenvalue weighted by Crippen LogP contribution is 2.27. The summed E-state index contributed by atoms with van der Waals surface area (Å²) in [5, 5.41) is 3.88. The fraction of sp³-hybridized carbons (Fsp3) is 0.188. The number of carbonyl (C=O) groups is 1. The summed E-state index contributed by atoms with van der Waals surface area (Å²) in [5.74, 6) is 0.806. The second-order valence-electron chi connectivity index (χ2n) is 4.52. The Bertz CT molecular complexity index is 627. The van der Waals surface area contributed by atoms with Gasteiger partial charge in [-0.15, -0.1) is 0 Å². The molecule has 4 nitrogen and oxygen atoms in total. The maximum atomic E-state index is 11.0. The lowest BCUT2D eigenvalue weighted by molar-refractivity contribution is 0.100. The third kappa shape index (κ3) is 4.21. The van der Waals surface area contributed by atoms with Gasteiger partial charge in [-0.1, -0.05) is 24.6 Å². The first-order valence-corrected chi connectivity index (χ1v) is 7.05. The number of nitrogens with two attached hydrogens (primary N) is 1.